The number of hydrogen-bond acceptors (Lipinski definition) is 3. The lowest BCUT2D eigenvalue weighted by atomic mass is 10.1. The standard InChI is InChI=1S/C13H7IO3/c14-10-3-1-2-9-12(16)8-5-4-7(15)6-11(8)17-13(9)10/h1-6,15H. The molecule has 0 bridgehead atoms. The maximum absolute atomic E-state index is 12.2. The molecule has 1 aromatic heterocycles. The Bertz CT molecular complexity index is 790. The summed E-state index contributed by atoms with van der Waals surface area (Å²) in [5, 5.41) is 10.4. The molecule has 0 aliphatic heterocycles. The van der Waals surface area contributed by atoms with Crippen LogP contribution in [0.2, 0.25) is 0 Å². The lowest BCUT2D eigenvalue weighted by molar-refractivity contribution is 0.474. The monoisotopic (exact) mass is 338 g/mol. The van der Waals surface area contributed by atoms with Gasteiger partial charge in [-0.25, -0.2) is 0 Å². The van der Waals surface area contributed by atoms with Gasteiger partial charge in [0.15, 0.2) is 5.58 Å². The van der Waals surface area contributed by atoms with Crippen LogP contribution in [-0.2, 0) is 0 Å². The zero-order valence-corrected chi connectivity index (χ0v) is 10.8. The topological polar surface area (TPSA) is 50.4 Å². The third-order valence-corrected chi connectivity index (χ3v) is 3.48. The van der Waals surface area contributed by atoms with Crippen LogP contribution in [0, 0.1) is 3.57 Å². The fourth-order valence-corrected chi connectivity index (χ4v) is 2.44. The summed E-state index contributed by atoms with van der Waals surface area (Å²) in [6, 6.07) is 9.97. The van der Waals surface area contributed by atoms with E-state index in [1.165, 1.54) is 12.1 Å². The van der Waals surface area contributed by atoms with Crippen LogP contribution in [0.25, 0.3) is 21.9 Å². The molecule has 0 amide bonds. The SMILES string of the molecule is O=c1c2ccc(O)cc2oc2c(I)cccc12. The second-order valence-corrected chi connectivity index (χ2v) is 4.89. The fourth-order valence-electron chi connectivity index (χ4n) is 1.83. The van der Waals surface area contributed by atoms with E-state index in [9.17, 15) is 9.90 Å². The van der Waals surface area contributed by atoms with E-state index >= 15 is 0 Å². The minimum Gasteiger partial charge on any atom is -0.508 e. The minimum absolute atomic E-state index is 0.0697. The third-order valence-electron chi connectivity index (χ3n) is 2.63. The highest BCUT2D eigenvalue weighted by atomic mass is 127. The van der Waals surface area contributed by atoms with E-state index in [0.717, 1.165) is 3.57 Å². The predicted octanol–water partition coefficient (Wildman–Crippen LogP) is 3.26. The number of phenolic OH excluding ortho intramolecular Hbond substituents is 1. The van der Waals surface area contributed by atoms with Crippen molar-refractivity contribution in [2.24, 2.45) is 0 Å². The number of para-hydroxylation sites is 1. The molecule has 1 heterocycles. The Morgan fingerprint density at radius 2 is 1.94 bits per heavy atom. The highest BCUT2D eigenvalue weighted by Crippen LogP contribution is 2.24. The number of phenols is 1. The molecule has 0 unspecified atom stereocenters. The summed E-state index contributed by atoms with van der Waals surface area (Å²) in [4.78, 5) is 12.2. The third kappa shape index (κ3) is 1.59. The summed E-state index contributed by atoms with van der Waals surface area (Å²) in [5.41, 5.74) is 0.905. The van der Waals surface area contributed by atoms with Crippen molar-refractivity contribution in [2.75, 3.05) is 0 Å². The van der Waals surface area contributed by atoms with Crippen molar-refractivity contribution in [3.63, 3.8) is 0 Å². The van der Waals surface area contributed by atoms with E-state index in [4.69, 9.17) is 4.42 Å². The van der Waals surface area contributed by atoms with Gasteiger partial charge in [0.05, 0.1) is 14.3 Å². The van der Waals surface area contributed by atoms with Crippen LogP contribution in [0.5, 0.6) is 5.75 Å². The summed E-state index contributed by atoms with van der Waals surface area (Å²) >= 11 is 2.12. The van der Waals surface area contributed by atoms with Crippen LogP contribution in [0.3, 0.4) is 0 Å². The largest absolute Gasteiger partial charge is 0.508 e. The molecule has 3 nitrogen and oxygen atoms in total. The van der Waals surface area contributed by atoms with Crippen molar-refractivity contribution in [2.45, 2.75) is 0 Å². The average Bonchev–Trinajstić information content (AvgIpc) is 2.30. The van der Waals surface area contributed by atoms with Gasteiger partial charge in [-0.15, -0.1) is 0 Å². The van der Waals surface area contributed by atoms with Crippen LogP contribution >= 0.6 is 22.6 Å². The van der Waals surface area contributed by atoms with Crippen molar-refractivity contribution < 1.29 is 9.52 Å². The van der Waals surface area contributed by atoms with Gasteiger partial charge in [-0.1, -0.05) is 6.07 Å². The zero-order valence-electron chi connectivity index (χ0n) is 8.61. The molecule has 0 saturated heterocycles. The summed E-state index contributed by atoms with van der Waals surface area (Å²) in [6.07, 6.45) is 0. The highest BCUT2D eigenvalue weighted by Gasteiger charge is 2.09. The Balaban J connectivity index is 2.62. The van der Waals surface area contributed by atoms with E-state index in [1.54, 1.807) is 12.1 Å². The Morgan fingerprint density at radius 3 is 2.76 bits per heavy atom. The Labute approximate surface area is 110 Å². The van der Waals surface area contributed by atoms with Crippen molar-refractivity contribution >= 4 is 44.5 Å². The van der Waals surface area contributed by atoms with Crippen molar-refractivity contribution in [3.05, 3.63) is 50.2 Å². The first kappa shape index (κ1) is 10.6. The molecule has 0 fully saturated rings. The highest BCUT2D eigenvalue weighted by molar-refractivity contribution is 14.1. The molecule has 0 saturated carbocycles. The van der Waals surface area contributed by atoms with Gasteiger partial charge < -0.3 is 9.52 Å². The maximum Gasteiger partial charge on any atom is 0.200 e. The summed E-state index contributed by atoms with van der Waals surface area (Å²) in [7, 11) is 0. The van der Waals surface area contributed by atoms with Gasteiger partial charge in [0.2, 0.25) is 5.43 Å². The molecule has 0 aliphatic rings. The van der Waals surface area contributed by atoms with Gasteiger partial charge in [0.25, 0.3) is 0 Å². The molecule has 1 N–H and O–H groups in total. The van der Waals surface area contributed by atoms with Crippen LogP contribution in [0.15, 0.2) is 45.6 Å². The van der Waals surface area contributed by atoms with E-state index < -0.39 is 0 Å². The Morgan fingerprint density at radius 1 is 1.12 bits per heavy atom. The number of halogens is 1. The van der Waals surface area contributed by atoms with E-state index in [2.05, 4.69) is 22.6 Å². The van der Waals surface area contributed by atoms with Crippen LogP contribution < -0.4 is 5.43 Å². The average molecular weight is 338 g/mol. The normalized spacial score (nSPS) is 11.1. The molecule has 84 valence electrons. The molecule has 3 rings (SSSR count). The lowest BCUT2D eigenvalue weighted by Gasteiger charge is -2.03. The van der Waals surface area contributed by atoms with Gasteiger partial charge in [-0.3, -0.25) is 4.79 Å². The first-order valence-electron chi connectivity index (χ1n) is 5.01. The molecule has 0 aliphatic carbocycles. The summed E-state index contributed by atoms with van der Waals surface area (Å²) in [5.74, 6) is 0.0888. The molecular formula is C13H7IO3. The fraction of sp³-hybridized carbons (Fsp3) is 0. The minimum atomic E-state index is -0.0697. The molecular weight excluding hydrogens is 331 g/mol. The smallest absolute Gasteiger partial charge is 0.200 e. The predicted molar refractivity (Wildman–Crippen MR) is 74.4 cm³/mol. The number of fused-ring (bicyclic) bond motifs is 2. The molecule has 0 radical (unpaired) electrons. The molecule has 4 heteroatoms. The van der Waals surface area contributed by atoms with Gasteiger partial charge in [0, 0.05) is 6.07 Å². The van der Waals surface area contributed by atoms with Crippen molar-refractivity contribution in [1.82, 2.24) is 0 Å². The van der Waals surface area contributed by atoms with Crippen molar-refractivity contribution in [1.29, 1.82) is 0 Å². The Kier molecular flexibility index (Phi) is 2.32. The van der Waals surface area contributed by atoms with Crippen LogP contribution in [0.1, 0.15) is 0 Å². The Hall–Kier alpha value is -1.56. The number of rotatable bonds is 0. The molecule has 0 atom stereocenters. The summed E-state index contributed by atoms with van der Waals surface area (Å²) in [6.45, 7) is 0. The number of aromatic hydroxyl groups is 1. The van der Waals surface area contributed by atoms with Gasteiger partial charge >= 0.3 is 0 Å². The number of benzene rings is 2. The van der Waals surface area contributed by atoms with E-state index in [-0.39, 0.29) is 11.2 Å². The van der Waals surface area contributed by atoms with Gasteiger partial charge in [0.1, 0.15) is 11.3 Å². The molecule has 2 aromatic carbocycles. The second kappa shape index (κ2) is 3.73. The quantitative estimate of drug-likeness (QED) is 0.506. The zero-order chi connectivity index (χ0) is 12.0. The van der Waals surface area contributed by atoms with Crippen LogP contribution in [0.4, 0.5) is 0 Å². The second-order valence-electron chi connectivity index (χ2n) is 3.73. The maximum atomic E-state index is 12.2. The van der Waals surface area contributed by atoms with Crippen molar-refractivity contribution in [3.8, 4) is 5.75 Å². The molecule has 0 spiro atoms. The molecule has 3 aromatic rings. The van der Waals surface area contributed by atoms with Gasteiger partial charge in [-0.05, 0) is 46.9 Å². The van der Waals surface area contributed by atoms with Gasteiger partial charge in [-0.2, -0.15) is 0 Å². The summed E-state index contributed by atoms with van der Waals surface area (Å²) < 4.78 is 6.55. The first-order chi connectivity index (χ1) is 8.16. The number of hydrogen-bond donors (Lipinski definition) is 1. The van der Waals surface area contributed by atoms with E-state index in [1.807, 2.05) is 12.1 Å². The van der Waals surface area contributed by atoms with E-state index in [0.29, 0.717) is 21.9 Å². The van der Waals surface area contributed by atoms with Crippen LogP contribution in [-0.4, -0.2) is 5.11 Å². The first-order valence-corrected chi connectivity index (χ1v) is 6.09. The molecule has 17 heavy (non-hydrogen) atoms. The lowest BCUT2D eigenvalue weighted by Crippen LogP contribution is -2.02.